The highest BCUT2D eigenvalue weighted by Gasteiger charge is 2.35. The summed E-state index contributed by atoms with van der Waals surface area (Å²) in [5, 5.41) is 0. The third kappa shape index (κ3) is 9.41. The third-order valence-corrected chi connectivity index (χ3v) is 8.47. The number of phosphoric acid groups is 1. The average Bonchev–Trinajstić information content (AvgIpc) is 2.74. The van der Waals surface area contributed by atoms with Gasteiger partial charge in [-0.05, 0) is 87.8 Å². The lowest BCUT2D eigenvalue weighted by atomic mass is 9.84. The van der Waals surface area contributed by atoms with Gasteiger partial charge < -0.3 is 9.26 Å². The lowest BCUT2D eigenvalue weighted by Crippen LogP contribution is -2.37. The van der Waals surface area contributed by atoms with Crippen LogP contribution in [0.4, 0.5) is 0 Å². The highest BCUT2D eigenvalue weighted by Crippen LogP contribution is 2.48. The van der Waals surface area contributed by atoms with Crippen molar-refractivity contribution in [2.45, 2.75) is 132 Å². The molecule has 0 saturated heterocycles. The first-order chi connectivity index (χ1) is 16.2. The Labute approximate surface area is 214 Å². The molecule has 0 radical (unpaired) electrons. The molecule has 0 aromatic heterocycles. The summed E-state index contributed by atoms with van der Waals surface area (Å²) in [6.45, 7) is 17.3. The van der Waals surface area contributed by atoms with Crippen LogP contribution in [0.15, 0.2) is 0 Å². The van der Waals surface area contributed by atoms with Crippen molar-refractivity contribution < 1.29 is 23.6 Å². The summed E-state index contributed by atoms with van der Waals surface area (Å²) in [6.07, 6.45) is 13.3. The highest BCUT2D eigenvalue weighted by atomic mass is 31.2. The number of hydrogen-bond acceptors (Lipinski definition) is 3. The first-order valence-electron chi connectivity index (χ1n) is 13.8. The van der Waals surface area contributed by atoms with Gasteiger partial charge in [0.2, 0.25) is 0 Å². The first kappa shape index (κ1) is 30.2. The summed E-state index contributed by atoms with van der Waals surface area (Å²) in [7, 11) is -4.61. The number of hydrogen-bond donors (Lipinski definition) is 2. The van der Waals surface area contributed by atoms with E-state index in [1.807, 2.05) is 20.8 Å². The molecule has 1 aliphatic heterocycles. The van der Waals surface area contributed by atoms with Gasteiger partial charge in [0.05, 0.1) is 0 Å². The zero-order chi connectivity index (χ0) is 26.4. The van der Waals surface area contributed by atoms with Gasteiger partial charge in [-0.3, -0.25) is 9.79 Å². The van der Waals surface area contributed by atoms with Crippen molar-refractivity contribution in [1.29, 1.82) is 0 Å². The topological polar surface area (TPSA) is 76.0 Å². The number of benzene rings is 1. The Bertz CT molecular complexity index is 875. The van der Waals surface area contributed by atoms with E-state index in [2.05, 4.69) is 34.6 Å². The molecule has 0 fully saturated rings. The van der Waals surface area contributed by atoms with Crippen molar-refractivity contribution in [3.05, 3.63) is 22.3 Å². The van der Waals surface area contributed by atoms with Crippen molar-refractivity contribution in [3.8, 4) is 11.5 Å². The molecule has 35 heavy (non-hydrogen) atoms. The number of phosphoric ester groups is 1. The summed E-state index contributed by atoms with van der Waals surface area (Å²) >= 11 is 0. The van der Waals surface area contributed by atoms with Crippen LogP contribution in [0.5, 0.6) is 11.5 Å². The summed E-state index contributed by atoms with van der Waals surface area (Å²) < 4.78 is 23.1. The van der Waals surface area contributed by atoms with E-state index in [-0.39, 0.29) is 5.60 Å². The molecule has 0 amide bonds. The van der Waals surface area contributed by atoms with E-state index in [1.165, 1.54) is 44.9 Å². The molecule has 3 atom stereocenters. The van der Waals surface area contributed by atoms with E-state index in [0.717, 1.165) is 71.4 Å². The molecule has 6 heteroatoms. The Balaban J connectivity index is 1.85. The van der Waals surface area contributed by atoms with E-state index in [0.29, 0.717) is 5.75 Å². The van der Waals surface area contributed by atoms with Crippen molar-refractivity contribution in [2.75, 3.05) is 0 Å². The Hall–Kier alpha value is -1.03. The van der Waals surface area contributed by atoms with Crippen LogP contribution in [0.2, 0.25) is 0 Å². The molecule has 0 unspecified atom stereocenters. The van der Waals surface area contributed by atoms with Crippen LogP contribution in [0.1, 0.15) is 121 Å². The van der Waals surface area contributed by atoms with Crippen LogP contribution < -0.4 is 9.26 Å². The van der Waals surface area contributed by atoms with Gasteiger partial charge >= 0.3 is 7.82 Å². The molecule has 1 aliphatic rings. The smallest absolute Gasteiger partial charge is 0.487 e. The third-order valence-electron chi connectivity index (χ3n) is 8.05. The monoisotopic (exact) mass is 510 g/mol. The average molecular weight is 511 g/mol. The second-order valence-corrected chi connectivity index (χ2v) is 13.2. The fourth-order valence-electron chi connectivity index (χ4n) is 5.52. The number of rotatable bonds is 14. The molecular formula is C29H51O5P. The highest BCUT2D eigenvalue weighted by molar-refractivity contribution is 7.46. The summed E-state index contributed by atoms with van der Waals surface area (Å²) in [5.41, 5.74) is 3.24. The molecule has 2 N–H and O–H groups in total. The maximum Gasteiger partial charge on any atom is 0.524 e. The minimum absolute atomic E-state index is 0.201. The molecule has 0 spiro atoms. The minimum atomic E-state index is -4.61. The molecule has 2 rings (SSSR count). The van der Waals surface area contributed by atoms with Crippen LogP contribution in [0, 0.1) is 38.5 Å². The minimum Gasteiger partial charge on any atom is -0.487 e. The van der Waals surface area contributed by atoms with Crippen molar-refractivity contribution >= 4 is 7.82 Å². The van der Waals surface area contributed by atoms with Gasteiger partial charge in [-0.1, -0.05) is 72.6 Å². The van der Waals surface area contributed by atoms with Gasteiger partial charge in [0.25, 0.3) is 0 Å². The maximum absolute atomic E-state index is 11.5. The molecule has 1 aromatic rings. The molecule has 0 bridgehead atoms. The molecule has 0 saturated carbocycles. The predicted molar refractivity (Wildman–Crippen MR) is 145 cm³/mol. The molecular weight excluding hydrogens is 459 g/mol. The summed E-state index contributed by atoms with van der Waals surface area (Å²) in [5.74, 6) is 3.59. The van der Waals surface area contributed by atoms with Gasteiger partial charge in [-0.25, -0.2) is 4.57 Å². The second kappa shape index (κ2) is 13.0. The Morgan fingerprint density at radius 2 is 1.43 bits per heavy atom. The van der Waals surface area contributed by atoms with E-state index in [1.54, 1.807) is 0 Å². The number of ether oxygens (including phenoxy) is 1. The molecule has 202 valence electrons. The normalized spacial score (nSPS) is 19.9. The van der Waals surface area contributed by atoms with E-state index in [9.17, 15) is 14.4 Å². The van der Waals surface area contributed by atoms with Crippen LogP contribution in [-0.4, -0.2) is 15.4 Å². The van der Waals surface area contributed by atoms with Gasteiger partial charge in [-0.15, -0.1) is 0 Å². The van der Waals surface area contributed by atoms with Crippen molar-refractivity contribution in [1.82, 2.24) is 0 Å². The van der Waals surface area contributed by atoms with Gasteiger partial charge in [0, 0.05) is 5.56 Å². The first-order valence-corrected chi connectivity index (χ1v) is 15.3. The lowest BCUT2D eigenvalue weighted by molar-refractivity contribution is 0.0512. The zero-order valence-corrected chi connectivity index (χ0v) is 24.5. The van der Waals surface area contributed by atoms with Crippen LogP contribution in [0.3, 0.4) is 0 Å². The lowest BCUT2D eigenvalue weighted by Gasteiger charge is -2.38. The standard InChI is InChI=1S/C29H51O5P/c1-20(2)12-9-13-21(3)14-10-15-22(4)16-11-18-29(8)19-17-26-25(7)27(34-35(30,31)32)23(5)24(6)28(26)33-29/h20-22H,9-19H2,1-8H3,(H2,30,31,32)/t21-,22+,29+/m1/s1. The predicted octanol–water partition coefficient (Wildman–Crippen LogP) is 8.61. The van der Waals surface area contributed by atoms with E-state index in [4.69, 9.17) is 9.26 Å². The Morgan fingerprint density at radius 3 is 1.97 bits per heavy atom. The number of fused-ring (bicyclic) bond motifs is 1. The Morgan fingerprint density at radius 1 is 0.886 bits per heavy atom. The Kier molecular flexibility index (Phi) is 11.2. The summed E-state index contributed by atoms with van der Waals surface area (Å²) in [4.78, 5) is 18.7. The van der Waals surface area contributed by atoms with Gasteiger partial charge in [0.15, 0.2) is 0 Å². The van der Waals surface area contributed by atoms with Crippen LogP contribution in [0.25, 0.3) is 0 Å². The fourth-order valence-corrected chi connectivity index (χ4v) is 6.03. The largest absolute Gasteiger partial charge is 0.524 e. The van der Waals surface area contributed by atoms with E-state index < -0.39 is 7.82 Å². The van der Waals surface area contributed by atoms with Crippen molar-refractivity contribution in [2.24, 2.45) is 17.8 Å². The molecule has 0 aliphatic carbocycles. The fraction of sp³-hybridized carbons (Fsp3) is 0.793. The quantitative estimate of drug-likeness (QED) is 0.245. The van der Waals surface area contributed by atoms with Gasteiger partial charge in [0.1, 0.15) is 17.1 Å². The zero-order valence-electron chi connectivity index (χ0n) is 23.6. The van der Waals surface area contributed by atoms with Gasteiger partial charge in [-0.2, -0.15) is 0 Å². The van der Waals surface area contributed by atoms with Crippen LogP contribution in [-0.2, 0) is 11.0 Å². The molecule has 5 nitrogen and oxygen atoms in total. The maximum atomic E-state index is 11.5. The SMILES string of the molecule is Cc1c(C)c2c(c(C)c1OP(=O)(O)O)CC[C@](C)(CCC[C@@H](C)CCC[C@H](C)CCCC(C)C)O2. The summed E-state index contributed by atoms with van der Waals surface area (Å²) in [6, 6.07) is 0. The van der Waals surface area contributed by atoms with Crippen LogP contribution >= 0.6 is 7.82 Å². The molecule has 1 heterocycles. The van der Waals surface area contributed by atoms with Crippen molar-refractivity contribution in [3.63, 3.8) is 0 Å². The second-order valence-electron chi connectivity index (χ2n) is 12.0. The molecule has 1 aromatic carbocycles. The van der Waals surface area contributed by atoms with E-state index >= 15 is 0 Å².